The van der Waals surface area contributed by atoms with Crippen LogP contribution in [0.2, 0.25) is 0 Å². The summed E-state index contributed by atoms with van der Waals surface area (Å²) >= 11 is 0. The molecule has 0 atom stereocenters. The molecule has 0 radical (unpaired) electrons. The molecule has 1 aliphatic heterocycles. The number of piperidine rings is 1. The molecule has 1 saturated carbocycles. The molecule has 6 nitrogen and oxygen atoms in total. The molecule has 2 N–H and O–H groups in total. The van der Waals surface area contributed by atoms with Crippen molar-refractivity contribution < 1.29 is 9.53 Å². The molecule has 0 bridgehead atoms. The minimum absolute atomic E-state index is 0.0705. The lowest BCUT2D eigenvalue weighted by Crippen LogP contribution is -2.50. The summed E-state index contributed by atoms with van der Waals surface area (Å²) in [4.78, 5) is 18.5. The number of aliphatic imine (C=N–C) groups is 1. The number of amides is 1. The van der Waals surface area contributed by atoms with Crippen LogP contribution in [0.1, 0.15) is 45.1 Å². The zero-order valence-electron chi connectivity index (χ0n) is 17.4. The first-order valence-electron chi connectivity index (χ1n) is 10.5. The second kappa shape index (κ2) is 9.80. The van der Waals surface area contributed by atoms with Crippen LogP contribution in [0.15, 0.2) is 29.3 Å². The SMILES string of the molecule is CN=C(NCc1ccccc1OCC1CC1)NC1CCN(C(=O)C(C)C)CC1. The smallest absolute Gasteiger partial charge is 0.225 e. The molecule has 2 aliphatic rings. The Bertz CT molecular complexity index is 677. The highest BCUT2D eigenvalue weighted by molar-refractivity contribution is 5.80. The lowest BCUT2D eigenvalue weighted by Gasteiger charge is -2.34. The van der Waals surface area contributed by atoms with E-state index in [-0.39, 0.29) is 11.8 Å². The Morgan fingerprint density at radius 2 is 1.93 bits per heavy atom. The van der Waals surface area contributed by atoms with Gasteiger partial charge < -0.3 is 20.3 Å². The van der Waals surface area contributed by atoms with Gasteiger partial charge in [0.15, 0.2) is 5.96 Å². The Balaban J connectivity index is 1.46. The number of carbonyl (C=O) groups excluding carboxylic acids is 1. The van der Waals surface area contributed by atoms with Crippen LogP contribution in [-0.2, 0) is 11.3 Å². The number of guanidine groups is 1. The highest BCUT2D eigenvalue weighted by Gasteiger charge is 2.25. The zero-order chi connectivity index (χ0) is 19.9. The number of nitrogens with one attached hydrogen (secondary N) is 2. The Hall–Kier alpha value is -2.24. The van der Waals surface area contributed by atoms with Crippen LogP contribution >= 0.6 is 0 Å². The predicted molar refractivity (Wildman–Crippen MR) is 112 cm³/mol. The van der Waals surface area contributed by atoms with Crippen molar-refractivity contribution >= 4 is 11.9 Å². The van der Waals surface area contributed by atoms with Gasteiger partial charge in [-0.05, 0) is 37.7 Å². The summed E-state index contributed by atoms with van der Waals surface area (Å²) < 4.78 is 5.99. The molecule has 0 spiro atoms. The number of hydrogen-bond acceptors (Lipinski definition) is 3. The first kappa shape index (κ1) is 20.5. The van der Waals surface area contributed by atoms with Crippen LogP contribution in [0.25, 0.3) is 0 Å². The van der Waals surface area contributed by atoms with E-state index in [0.717, 1.165) is 55.7 Å². The number of rotatable bonds is 7. The van der Waals surface area contributed by atoms with Gasteiger partial charge in [0, 0.05) is 44.2 Å². The average molecular weight is 387 g/mol. The van der Waals surface area contributed by atoms with Crippen molar-refractivity contribution in [2.24, 2.45) is 16.8 Å². The first-order chi connectivity index (χ1) is 13.6. The Kier molecular flexibility index (Phi) is 7.18. The number of nitrogens with zero attached hydrogens (tertiary/aromatic N) is 2. The van der Waals surface area contributed by atoms with E-state index in [4.69, 9.17) is 4.74 Å². The van der Waals surface area contributed by atoms with Gasteiger partial charge in [-0.2, -0.15) is 0 Å². The van der Waals surface area contributed by atoms with E-state index in [1.165, 1.54) is 12.8 Å². The number of para-hydroxylation sites is 1. The van der Waals surface area contributed by atoms with Crippen LogP contribution in [0.4, 0.5) is 0 Å². The van der Waals surface area contributed by atoms with Crippen molar-refractivity contribution in [2.75, 3.05) is 26.7 Å². The van der Waals surface area contributed by atoms with Crippen LogP contribution in [0.3, 0.4) is 0 Å². The fraction of sp³-hybridized carbons (Fsp3) is 0.636. The molecule has 28 heavy (non-hydrogen) atoms. The van der Waals surface area contributed by atoms with Gasteiger partial charge in [0.2, 0.25) is 5.91 Å². The minimum atomic E-state index is 0.0705. The lowest BCUT2D eigenvalue weighted by atomic mass is 10.0. The van der Waals surface area contributed by atoms with E-state index in [0.29, 0.717) is 12.6 Å². The minimum Gasteiger partial charge on any atom is -0.493 e. The standard InChI is InChI=1S/C22H34N4O2/c1-16(2)21(27)26-12-10-19(11-13-26)25-22(23-3)24-14-18-6-4-5-7-20(18)28-15-17-8-9-17/h4-7,16-17,19H,8-15H2,1-3H3,(H2,23,24,25). The molecular formula is C22H34N4O2. The maximum absolute atomic E-state index is 12.1. The van der Waals surface area contributed by atoms with Crippen molar-refractivity contribution in [1.29, 1.82) is 0 Å². The van der Waals surface area contributed by atoms with E-state index in [1.807, 2.05) is 36.9 Å². The molecule has 2 fully saturated rings. The van der Waals surface area contributed by atoms with Crippen LogP contribution < -0.4 is 15.4 Å². The van der Waals surface area contributed by atoms with Crippen molar-refractivity contribution in [3.8, 4) is 5.75 Å². The number of hydrogen-bond donors (Lipinski definition) is 2. The van der Waals surface area contributed by atoms with Gasteiger partial charge in [-0.1, -0.05) is 32.0 Å². The molecule has 1 heterocycles. The summed E-state index contributed by atoms with van der Waals surface area (Å²) in [6, 6.07) is 8.53. The third-order valence-corrected chi connectivity index (χ3v) is 5.46. The number of ether oxygens (including phenoxy) is 1. The van der Waals surface area contributed by atoms with Crippen molar-refractivity contribution in [2.45, 2.75) is 52.1 Å². The van der Waals surface area contributed by atoms with E-state index in [2.05, 4.69) is 21.7 Å². The van der Waals surface area contributed by atoms with Gasteiger partial charge in [0.05, 0.1) is 6.61 Å². The van der Waals surface area contributed by atoms with Gasteiger partial charge in [-0.25, -0.2) is 0 Å². The van der Waals surface area contributed by atoms with Crippen molar-refractivity contribution in [1.82, 2.24) is 15.5 Å². The monoisotopic (exact) mass is 386 g/mol. The van der Waals surface area contributed by atoms with Gasteiger partial charge in [-0.15, -0.1) is 0 Å². The second-order valence-electron chi connectivity index (χ2n) is 8.19. The predicted octanol–water partition coefficient (Wildman–Crippen LogP) is 2.79. The van der Waals surface area contributed by atoms with E-state index >= 15 is 0 Å². The fourth-order valence-electron chi connectivity index (χ4n) is 3.46. The topological polar surface area (TPSA) is 66.0 Å². The quantitative estimate of drug-likeness (QED) is 0.559. The molecule has 0 unspecified atom stereocenters. The summed E-state index contributed by atoms with van der Waals surface area (Å²) in [5, 5.41) is 6.91. The Labute approximate surface area is 168 Å². The lowest BCUT2D eigenvalue weighted by molar-refractivity contribution is -0.135. The molecule has 1 aromatic carbocycles. The maximum Gasteiger partial charge on any atom is 0.225 e. The molecule has 1 aromatic rings. The second-order valence-corrected chi connectivity index (χ2v) is 8.19. The van der Waals surface area contributed by atoms with Gasteiger partial charge in [0.1, 0.15) is 5.75 Å². The third kappa shape index (κ3) is 5.88. The van der Waals surface area contributed by atoms with Crippen LogP contribution in [0.5, 0.6) is 5.75 Å². The van der Waals surface area contributed by atoms with E-state index < -0.39 is 0 Å². The highest BCUT2D eigenvalue weighted by Crippen LogP contribution is 2.30. The van der Waals surface area contributed by atoms with Crippen LogP contribution in [0, 0.1) is 11.8 Å². The molecule has 1 aliphatic carbocycles. The zero-order valence-corrected chi connectivity index (χ0v) is 17.4. The molecule has 1 amide bonds. The van der Waals surface area contributed by atoms with Gasteiger partial charge in [-0.3, -0.25) is 9.79 Å². The van der Waals surface area contributed by atoms with Crippen LogP contribution in [-0.4, -0.2) is 49.6 Å². The summed E-state index contributed by atoms with van der Waals surface area (Å²) in [7, 11) is 1.79. The van der Waals surface area contributed by atoms with Crippen molar-refractivity contribution in [3.63, 3.8) is 0 Å². The first-order valence-corrected chi connectivity index (χ1v) is 10.5. The normalized spacial score (nSPS) is 18.3. The van der Waals surface area contributed by atoms with E-state index in [1.54, 1.807) is 7.05 Å². The average Bonchev–Trinajstić information content (AvgIpc) is 3.54. The van der Waals surface area contributed by atoms with Gasteiger partial charge in [0.25, 0.3) is 0 Å². The Morgan fingerprint density at radius 1 is 1.21 bits per heavy atom. The largest absolute Gasteiger partial charge is 0.493 e. The van der Waals surface area contributed by atoms with E-state index in [9.17, 15) is 4.79 Å². The number of carbonyl (C=O) groups is 1. The van der Waals surface area contributed by atoms with Gasteiger partial charge >= 0.3 is 0 Å². The summed E-state index contributed by atoms with van der Waals surface area (Å²) in [6.45, 7) is 7.03. The summed E-state index contributed by atoms with van der Waals surface area (Å²) in [5.74, 6) is 2.82. The summed E-state index contributed by atoms with van der Waals surface area (Å²) in [6.07, 6.45) is 4.47. The fourth-order valence-corrected chi connectivity index (χ4v) is 3.46. The number of benzene rings is 1. The molecule has 1 saturated heterocycles. The molecule has 154 valence electrons. The molecule has 3 rings (SSSR count). The molecular weight excluding hydrogens is 352 g/mol. The number of likely N-dealkylation sites (tertiary alicyclic amines) is 1. The third-order valence-electron chi connectivity index (χ3n) is 5.46. The molecule has 0 aromatic heterocycles. The highest BCUT2D eigenvalue weighted by atomic mass is 16.5. The maximum atomic E-state index is 12.1. The van der Waals surface area contributed by atoms with Crippen molar-refractivity contribution in [3.05, 3.63) is 29.8 Å². The Morgan fingerprint density at radius 3 is 2.57 bits per heavy atom. The molecule has 6 heteroatoms. The summed E-state index contributed by atoms with van der Waals surface area (Å²) in [5.41, 5.74) is 1.14.